The lowest BCUT2D eigenvalue weighted by Gasteiger charge is -2.55. The summed E-state index contributed by atoms with van der Waals surface area (Å²) in [6, 6.07) is 26.2. The molecule has 1 aliphatic heterocycles. The number of benzene rings is 3. The number of fused-ring (bicyclic) bond motifs is 4. The highest BCUT2D eigenvalue weighted by atomic mass is 35.5. The van der Waals surface area contributed by atoms with Gasteiger partial charge in [-0.2, -0.15) is 9.61 Å². The van der Waals surface area contributed by atoms with E-state index in [0.29, 0.717) is 27.4 Å². The molecule has 0 bridgehead atoms. The number of halogens is 1. The highest BCUT2D eigenvalue weighted by Gasteiger charge is 2.60. The van der Waals surface area contributed by atoms with Crippen molar-refractivity contribution in [2.75, 3.05) is 0 Å². The minimum Gasteiger partial charge on any atom is -0.390 e. The average Bonchev–Trinajstić information content (AvgIpc) is 3.51. The van der Waals surface area contributed by atoms with Crippen molar-refractivity contribution in [3.63, 3.8) is 0 Å². The van der Waals surface area contributed by atoms with E-state index < -0.39 is 11.1 Å². The van der Waals surface area contributed by atoms with Gasteiger partial charge in [-0.15, -0.1) is 0 Å². The van der Waals surface area contributed by atoms with Crippen molar-refractivity contribution in [2.45, 2.75) is 37.8 Å². The third-order valence-corrected chi connectivity index (χ3v) is 9.02. The Bertz CT molecular complexity index is 2140. The maximum Gasteiger partial charge on any atom is 0.262 e. The first-order chi connectivity index (χ1) is 21.1. The second-order valence-corrected chi connectivity index (χ2v) is 12.5. The SMILES string of the molecule is Cc1cc2ncc3cc(-c4cccc(Cl)c4)c(-c4ccc([C@]5(N6C(=O)c7ccccc7C6=O)C[C@](C)(O)C5)cc4)nc3n2n1. The number of aromatic nitrogens is 4. The molecule has 2 aliphatic rings. The van der Waals surface area contributed by atoms with Crippen LogP contribution in [0.15, 0.2) is 91.1 Å². The van der Waals surface area contributed by atoms with Crippen molar-refractivity contribution >= 4 is 40.1 Å². The average molecular weight is 600 g/mol. The third-order valence-electron chi connectivity index (χ3n) is 8.78. The first-order valence-corrected chi connectivity index (χ1v) is 14.7. The lowest BCUT2D eigenvalue weighted by Crippen LogP contribution is -2.63. The molecule has 0 atom stereocenters. The molecule has 1 aliphatic carbocycles. The highest BCUT2D eigenvalue weighted by molar-refractivity contribution is 6.30. The number of aryl methyl sites for hydroxylation is 1. The molecule has 0 radical (unpaired) electrons. The Kier molecular flexibility index (Phi) is 5.63. The zero-order valence-electron chi connectivity index (χ0n) is 24.0. The number of carbonyl (C=O) groups is 2. The van der Waals surface area contributed by atoms with Crippen LogP contribution < -0.4 is 0 Å². The van der Waals surface area contributed by atoms with Gasteiger partial charge in [-0.05, 0) is 55.3 Å². The van der Waals surface area contributed by atoms with Crippen LogP contribution in [-0.2, 0) is 5.54 Å². The molecule has 3 aromatic carbocycles. The normalized spacial score (nSPS) is 21.2. The van der Waals surface area contributed by atoms with Crippen LogP contribution >= 0.6 is 11.6 Å². The van der Waals surface area contributed by atoms with Crippen LogP contribution in [0.2, 0.25) is 5.02 Å². The number of nitrogens with zero attached hydrogens (tertiary/aromatic N) is 5. The first kappa shape index (κ1) is 26.7. The van der Waals surface area contributed by atoms with E-state index in [4.69, 9.17) is 16.6 Å². The van der Waals surface area contributed by atoms with Gasteiger partial charge in [0.15, 0.2) is 11.3 Å². The van der Waals surface area contributed by atoms with Crippen molar-refractivity contribution < 1.29 is 14.7 Å². The molecule has 9 heteroatoms. The molecule has 1 saturated carbocycles. The summed E-state index contributed by atoms with van der Waals surface area (Å²) in [7, 11) is 0. The number of hydrogen-bond donors (Lipinski definition) is 1. The molecule has 6 aromatic rings. The van der Waals surface area contributed by atoms with Crippen LogP contribution in [0.3, 0.4) is 0 Å². The van der Waals surface area contributed by atoms with Crippen LogP contribution in [0.1, 0.15) is 51.7 Å². The number of aliphatic hydroxyl groups is 1. The summed E-state index contributed by atoms with van der Waals surface area (Å²) >= 11 is 6.40. The van der Waals surface area contributed by atoms with Gasteiger partial charge in [0.25, 0.3) is 11.8 Å². The maximum absolute atomic E-state index is 13.6. The molecule has 216 valence electrons. The summed E-state index contributed by atoms with van der Waals surface area (Å²) in [5.74, 6) is -0.673. The van der Waals surface area contributed by atoms with Gasteiger partial charge in [-0.25, -0.2) is 9.97 Å². The molecule has 8 rings (SSSR count). The molecule has 1 fully saturated rings. The van der Waals surface area contributed by atoms with E-state index in [1.807, 2.05) is 67.6 Å². The lowest BCUT2D eigenvalue weighted by atomic mass is 9.61. The van der Waals surface area contributed by atoms with Gasteiger partial charge in [0.2, 0.25) is 0 Å². The van der Waals surface area contributed by atoms with Crippen LogP contribution in [0.25, 0.3) is 39.1 Å². The molecule has 4 heterocycles. The Morgan fingerprint density at radius 3 is 2.20 bits per heavy atom. The van der Waals surface area contributed by atoms with Gasteiger partial charge in [-0.1, -0.05) is 60.1 Å². The van der Waals surface area contributed by atoms with Crippen molar-refractivity contribution in [3.05, 3.63) is 119 Å². The van der Waals surface area contributed by atoms with Crippen LogP contribution in [0.4, 0.5) is 0 Å². The smallest absolute Gasteiger partial charge is 0.262 e. The monoisotopic (exact) mass is 599 g/mol. The van der Waals surface area contributed by atoms with E-state index in [9.17, 15) is 14.7 Å². The van der Waals surface area contributed by atoms with E-state index in [1.54, 1.807) is 41.9 Å². The summed E-state index contributed by atoms with van der Waals surface area (Å²) in [5.41, 5.74) is 5.15. The predicted molar refractivity (Wildman–Crippen MR) is 167 cm³/mol. The number of amides is 2. The predicted octanol–water partition coefficient (Wildman–Crippen LogP) is 6.61. The molecular weight excluding hydrogens is 574 g/mol. The quantitative estimate of drug-likeness (QED) is 0.229. The number of carbonyl (C=O) groups excluding carboxylic acids is 2. The minimum absolute atomic E-state index is 0.246. The molecule has 8 nitrogen and oxygen atoms in total. The first-order valence-electron chi connectivity index (χ1n) is 14.4. The van der Waals surface area contributed by atoms with Crippen molar-refractivity contribution in [2.24, 2.45) is 0 Å². The Hall–Kier alpha value is -4.92. The van der Waals surface area contributed by atoms with Gasteiger partial charge >= 0.3 is 0 Å². The number of imide groups is 1. The molecule has 0 spiro atoms. The van der Waals surface area contributed by atoms with Crippen molar-refractivity contribution in [1.82, 2.24) is 24.5 Å². The van der Waals surface area contributed by atoms with Gasteiger partial charge in [-0.3, -0.25) is 14.5 Å². The minimum atomic E-state index is -1.01. The van der Waals surface area contributed by atoms with E-state index in [0.717, 1.165) is 39.0 Å². The summed E-state index contributed by atoms with van der Waals surface area (Å²) < 4.78 is 1.75. The van der Waals surface area contributed by atoms with Crippen LogP contribution in [0.5, 0.6) is 0 Å². The Morgan fingerprint density at radius 2 is 1.55 bits per heavy atom. The molecular formula is C35H26ClN5O3. The standard InChI is InChI=1S/C35H26ClN5O3/c1-20-14-29-37-17-23-16-28(22-6-5-7-25(36)15-22)30(38-31(23)41(29)39-20)21-10-12-24(13-11-21)35(18-34(2,44)19-35)40-32(42)26-8-3-4-9-27(26)33(40)43/h3-17,44H,18-19H2,1-2H3/t34-,35-. The fraction of sp³-hybridized carbons (Fsp3) is 0.171. The molecule has 0 saturated heterocycles. The maximum atomic E-state index is 13.6. The Morgan fingerprint density at radius 1 is 0.841 bits per heavy atom. The Balaban J connectivity index is 1.28. The van der Waals surface area contributed by atoms with Crippen LogP contribution in [0, 0.1) is 6.92 Å². The molecule has 44 heavy (non-hydrogen) atoms. The largest absolute Gasteiger partial charge is 0.390 e. The van der Waals surface area contributed by atoms with E-state index in [2.05, 4.69) is 10.1 Å². The fourth-order valence-corrected chi connectivity index (χ4v) is 7.16. The Labute approximate surface area is 257 Å². The van der Waals surface area contributed by atoms with E-state index >= 15 is 0 Å². The lowest BCUT2D eigenvalue weighted by molar-refractivity contribution is -0.118. The number of pyridine rings is 1. The molecule has 1 N–H and O–H groups in total. The van der Waals surface area contributed by atoms with Crippen molar-refractivity contribution in [1.29, 1.82) is 0 Å². The van der Waals surface area contributed by atoms with E-state index in [-0.39, 0.29) is 24.7 Å². The zero-order valence-corrected chi connectivity index (χ0v) is 24.7. The van der Waals surface area contributed by atoms with Gasteiger partial charge in [0.05, 0.1) is 33.7 Å². The fourth-order valence-electron chi connectivity index (χ4n) is 6.97. The van der Waals surface area contributed by atoms with Gasteiger partial charge in [0.1, 0.15) is 0 Å². The third kappa shape index (κ3) is 3.91. The summed E-state index contributed by atoms with van der Waals surface area (Å²) in [5, 5.41) is 16.9. The zero-order chi connectivity index (χ0) is 30.4. The number of hydrogen-bond acceptors (Lipinski definition) is 6. The topological polar surface area (TPSA) is 101 Å². The van der Waals surface area contributed by atoms with Crippen molar-refractivity contribution in [3.8, 4) is 22.4 Å². The summed E-state index contributed by atoms with van der Waals surface area (Å²) in [6.07, 6.45) is 2.29. The second kappa shape index (κ2) is 9.29. The second-order valence-electron chi connectivity index (χ2n) is 12.1. The van der Waals surface area contributed by atoms with Gasteiger partial charge < -0.3 is 5.11 Å². The van der Waals surface area contributed by atoms with E-state index in [1.165, 1.54) is 4.90 Å². The van der Waals surface area contributed by atoms with Gasteiger partial charge in [0, 0.05) is 46.6 Å². The highest BCUT2D eigenvalue weighted by Crippen LogP contribution is 2.54. The molecule has 2 amide bonds. The summed E-state index contributed by atoms with van der Waals surface area (Å²) in [4.78, 5) is 38.2. The summed E-state index contributed by atoms with van der Waals surface area (Å²) in [6.45, 7) is 3.66. The molecule has 0 unspecified atom stereocenters. The molecule has 3 aromatic heterocycles. The number of rotatable bonds is 4. The van der Waals surface area contributed by atoms with Crippen LogP contribution in [-0.4, -0.2) is 47.0 Å².